The van der Waals surface area contributed by atoms with Crippen LogP contribution in [0.15, 0.2) is 56.8 Å². The molecule has 34 heavy (non-hydrogen) atoms. The highest BCUT2D eigenvalue weighted by Gasteiger charge is 2.06. The zero-order chi connectivity index (χ0) is 24.8. The Kier molecular flexibility index (Phi) is 10.9. The van der Waals surface area contributed by atoms with Gasteiger partial charge in [-0.2, -0.15) is 10.2 Å². The van der Waals surface area contributed by atoms with E-state index in [2.05, 4.69) is 20.4 Å². The number of benzene rings is 2. The molecule has 0 bridgehead atoms. The van der Waals surface area contributed by atoms with Crippen LogP contribution in [0.5, 0.6) is 23.0 Å². The van der Waals surface area contributed by atoms with E-state index in [4.69, 9.17) is 30.4 Å². The van der Waals surface area contributed by atoms with Gasteiger partial charge in [-0.1, -0.05) is 0 Å². The first-order chi connectivity index (χ1) is 16.5. The van der Waals surface area contributed by atoms with Crippen LogP contribution in [0.2, 0.25) is 0 Å². The molecule has 0 spiro atoms. The molecule has 182 valence electrons. The molecule has 2 aromatic rings. The highest BCUT2D eigenvalue weighted by atomic mass is 16.5. The Labute approximate surface area is 200 Å². The van der Waals surface area contributed by atoms with Gasteiger partial charge < -0.3 is 30.4 Å². The van der Waals surface area contributed by atoms with Crippen LogP contribution in [0.25, 0.3) is 0 Å². The Morgan fingerprint density at radius 3 is 1.32 bits per heavy atom. The molecule has 4 N–H and O–H groups in total. The molecular formula is C24H32N6O4. The van der Waals surface area contributed by atoms with E-state index >= 15 is 0 Å². The Balaban J connectivity index is 2.07. The van der Waals surface area contributed by atoms with Crippen molar-refractivity contribution in [1.82, 2.24) is 0 Å². The van der Waals surface area contributed by atoms with E-state index in [9.17, 15) is 0 Å². The van der Waals surface area contributed by atoms with Gasteiger partial charge in [0.2, 0.25) is 0 Å². The summed E-state index contributed by atoms with van der Waals surface area (Å²) >= 11 is 0. The van der Waals surface area contributed by atoms with Gasteiger partial charge in [0.25, 0.3) is 0 Å². The Bertz CT molecular complexity index is 966. The molecule has 2 rings (SSSR count). The first-order valence-electron chi connectivity index (χ1n) is 11.0. The summed E-state index contributed by atoms with van der Waals surface area (Å²) in [5.74, 6) is 2.46. The number of ether oxygens (including phenoxy) is 4. The quantitative estimate of drug-likeness (QED) is 0.278. The number of amidine groups is 2. The van der Waals surface area contributed by atoms with Crippen molar-refractivity contribution >= 4 is 24.1 Å². The summed E-state index contributed by atoms with van der Waals surface area (Å²) < 4.78 is 22.3. The molecule has 10 heteroatoms. The highest BCUT2D eigenvalue weighted by Crippen LogP contribution is 2.28. The standard InChI is InChI=1S/C24H32N6O4/c1-5-31-19-11-9-17(13-21(19)33-7-3)15-27-29-23(25)24(26)30-28-16-18-10-12-20(32-6-2)22(14-18)34-8-4/h9-16H,5-8H2,1-4H3,(H2,25,29)(H2,26,30)/b27-15-,28-16-. The molecule has 0 aliphatic heterocycles. The molecule has 0 atom stereocenters. The summed E-state index contributed by atoms with van der Waals surface area (Å²) in [6, 6.07) is 10.9. The lowest BCUT2D eigenvalue weighted by atomic mass is 10.2. The van der Waals surface area contributed by atoms with Crippen molar-refractivity contribution in [2.75, 3.05) is 26.4 Å². The second-order valence-corrected chi connectivity index (χ2v) is 6.60. The van der Waals surface area contributed by atoms with Crippen LogP contribution in [0.1, 0.15) is 38.8 Å². The predicted molar refractivity (Wildman–Crippen MR) is 136 cm³/mol. The van der Waals surface area contributed by atoms with E-state index in [0.717, 1.165) is 11.1 Å². The van der Waals surface area contributed by atoms with Crippen molar-refractivity contribution in [3.8, 4) is 23.0 Å². The minimum Gasteiger partial charge on any atom is -0.490 e. The maximum Gasteiger partial charge on any atom is 0.190 e. The van der Waals surface area contributed by atoms with Crippen molar-refractivity contribution in [3.05, 3.63) is 47.5 Å². The summed E-state index contributed by atoms with van der Waals surface area (Å²) in [6.07, 6.45) is 3.05. The van der Waals surface area contributed by atoms with E-state index in [1.54, 1.807) is 12.1 Å². The second kappa shape index (κ2) is 14.1. The van der Waals surface area contributed by atoms with Crippen LogP contribution in [-0.4, -0.2) is 50.5 Å². The molecule has 2 aromatic carbocycles. The third kappa shape index (κ3) is 8.12. The molecule has 0 saturated heterocycles. The largest absolute Gasteiger partial charge is 0.490 e. The molecule has 0 radical (unpaired) electrons. The molecule has 0 aliphatic carbocycles. The van der Waals surface area contributed by atoms with Gasteiger partial charge in [-0.15, -0.1) is 10.2 Å². The summed E-state index contributed by atoms with van der Waals surface area (Å²) in [7, 11) is 0. The molecule has 0 aliphatic rings. The van der Waals surface area contributed by atoms with E-state index in [0.29, 0.717) is 49.4 Å². The van der Waals surface area contributed by atoms with Gasteiger partial charge in [-0.3, -0.25) is 0 Å². The van der Waals surface area contributed by atoms with Gasteiger partial charge >= 0.3 is 0 Å². The van der Waals surface area contributed by atoms with Gasteiger partial charge in [0.05, 0.1) is 38.9 Å². The van der Waals surface area contributed by atoms with Gasteiger partial charge in [0.15, 0.2) is 34.7 Å². The third-order valence-corrected chi connectivity index (χ3v) is 4.14. The fourth-order valence-corrected chi connectivity index (χ4v) is 2.71. The molecule has 0 amide bonds. The van der Waals surface area contributed by atoms with Gasteiger partial charge in [-0.05, 0) is 75.2 Å². The van der Waals surface area contributed by atoms with Crippen molar-refractivity contribution in [3.63, 3.8) is 0 Å². The fourth-order valence-electron chi connectivity index (χ4n) is 2.71. The average molecular weight is 469 g/mol. The van der Waals surface area contributed by atoms with Crippen LogP contribution in [-0.2, 0) is 0 Å². The van der Waals surface area contributed by atoms with Crippen molar-refractivity contribution in [2.45, 2.75) is 27.7 Å². The first kappa shape index (κ1) is 26.2. The zero-order valence-corrected chi connectivity index (χ0v) is 20.0. The van der Waals surface area contributed by atoms with Crippen LogP contribution in [0, 0.1) is 0 Å². The summed E-state index contributed by atoms with van der Waals surface area (Å²) in [6.45, 7) is 9.75. The fraction of sp³-hybridized carbons (Fsp3) is 0.333. The number of rotatable bonds is 12. The maximum absolute atomic E-state index is 5.84. The van der Waals surface area contributed by atoms with Crippen LogP contribution in [0.3, 0.4) is 0 Å². The smallest absolute Gasteiger partial charge is 0.190 e. The molecule has 0 unspecified atom stereocenters. The monoisotopic (exact) mass is 468 g/mol. The highest BCUT2D eigenvalue weighted by molar-refractivity contribution is 6.39. The molecular weight excluding hydrogens is 436 g/mol. The Morgan fingerprint density at radius 2 is 0.971 bits per heavy atom. The summed E-state index contributed by atoms with van der Waals surface area (Å²) in [5.41, 5.74) is 13.2. The molecule has 0 aromatic heterocycles. The lowest BCUT2D eigenvalue weighted by molar-refractivity contribution is 0.288. The van der Waals surface area contributed by atoms with Crippen LogP contribution >= 0.6 is 0 Å². The predicted octanol–water partition coefficient (Wildman–Crippen LogP) is 3.36. The molecule has 0 heterocycles. The lowest BCUT2D eigenvalue weighted by Crippen LogP contribution is -2.30. The normalized spacial score (nSPS) is 12.4. The van der Waals surface area contributed by atoms with Crippen molar-refractivity contribution in [2.24, 2.45) is 31.9 Å². The van der Waals surface area contributed by atoms with E-state index in [-0.39, 0.29) is 11.7 Å². The molecule has 0 fully saturated rings. The number of nitrogens with zero attached hydrogens (tertiary/aromatic N) is 4. The number of hydrogen-bond donors (Lipinski definition) is 2. The van der Waals surface area contributed by atoms with E-state index < -0.39 is 0 Å². The first-order valence-corrected chi connectivity index (χ1v) is 11.0. The Morgan fingerprint density at radius 1 is 0.618 bits per heavy atom. The summed E-state index contributed by atoms with van der Waals surface area (Å²) in [4.78, 5) is 0. The van der Waals surface area contributed by atoms with Crippen molar-refractivity contribution in [1.29, 1.82) is 0 Å². The Hall–Kier alpha value is -4.08. The van der Waals surface area contributed by atoms with Crippen molar-refractivity contribution < 1.29 is 18.9 Å². The van der Waals surface area contributed by atoms with Gasteiger partial charge in [-0.25, -0.2) is 0 Å². The van der Waals surface area contributed by atoms with E-state index in [1.165, 1.54) is 12.4 Å². The summed E-state index contributed by atoms with van der Waals surface area (Å²) in [5, 5.41) is 15.7. The number of nitrogens with two attached hydrogens (primary N) is 2. The lowest BCUT2D eigenvalue weighted by Gasteiger charge is -2.10. The third-order valence-electron chi connectivity index (χ3n) is 4.14. The van der Waals surface area contributed by atoms with Crippen LogP contribution in [0.4, 0.5) is 0 Å². The SMILES string of the molecule is CCOc1ccc(\C=N/N=C(N)/C(N)=N\N=C/c2ccc(OCC)c(OCC)c2)cc1OCC. The molecule has 0 saturated carbocycles. The van der Waals surface area contributed by atoms with Gasteiger partial charge in [0.1, 0.15) is 0 Å². The second-order valence-electron chi connectivity index (χ2n) is 6.60. The minimum atomic E-state index is -0.0638. The maximum atomic E-state index is 5.84. The topological polar surface area (TPSA) is 138 Å². The minimum absolute atomic E-state index is 0.0638. The average Bonchev–Trinajstić information content (AvgIpc) is 2.82. The van der Waals surface area contributed by atoms with Gasteiger partial charge in [0, 0.05) is 0 Å². The zero-order valence-electron chi connectivity index (χ0n) is 20.0. The number of hydrogen-bond acceptors (Lipinski definition) is 8. The van der Waals surface area contributed by atoms with Crippen LogP contribution < -0.4 is 30.4 Å². The van der Waals surface area contributed by atoms with E-state index in [1.807, 2.05) is 52.0 Å². The molecule has 10 nitrogen and oxygen atoms in total.